The van der Waals surface area contributed by atoms with Crippen LogP contribution >= 0.6 is 11.3 Å². The fraction of sp³-hybridized carbons (Fsp3) is 0.467. The van der Waals surface area contributed by atoms with Crippen molar-refractivity contribution in [3.8, 4) is 0 Å². The fourth-order valence-corrected chi connectivity index (χ4v) is 4.85. The van der Waals surface area contributed by atoms with Crippen molar-refractivity contribution < 1.29 is 4.39 Å². The largest absolute Gasteiger partial charge is 0.298 e. The number of hydrogen-bond acceptors (Lipinski definition) is 2. The average molecular weight is 261 g/mol. The Balaban J connectivity index is 2.10. The molecule has 2 heterocycles. The van der Waals surface area contributed by atoms with Gasteiger partial charge in [-0.1, -0.05) is 6.07 Å². The van der Waals surface area contributed by atoms with Crippen LogP contribution in [-0.2, 0) is 5.41 Å². The first-order chi connectivity index (χ1) is 8.62. The van der Waals surface area contributed by atoms with Crippen LogP contribution in [0, 0.1) is 5.82 Å². The Hall–Kier alpha value is -0.930. The minimum Gasteiger partial charge on any atom is -0.298 e. The second-order valence-electron chi connectivity index (χ2n) is 5.83. The van der Waals surface area contributed by atoms with Gasteiger partial charge in [-0.05, 0) is 44.5 Å². The topological polar surface area (TPSA) is 3.24 Å². The van der Waals surface area contributed by atoms with E-state index in [2.05, 4.69) is 24.9 Å². The lowest BCUT2D eigenvalue weighted by Gasteiger charge is -2.35. The Morgan fingerprint density at radius 3 is 2.89 bits per heavy atom. The minimum atomic E-state index is -0.0342. The van der Waals surface area contributed by atoms with E-state index >= 15 is 0 Å². The van der Waals surface area contributed by atoms with Gasteiger partial charge >= 0.3 is 0 Å². The molecule has 2 aromatic rings. The molecule has 0 radical (unpaired) electrons. The molecule has 1 aromatic carbocycles. The van der Waals surface area contributed by atoms with Crippen molar-refractivity contribution in [2.24, 2.45) is 0 Å². The quantitative estimate of drug-likeness (QED) is 0.690. The summed E-state index contributed by atoms with van der Waals surface area (Å²) in [5, 5.41) is 0.912. The van der Waals surface area contributed by atoms with E-state index in [4.69, 9.17) is 0 Å². The van der Waals surface area contributed by atoms with E-state index in [0.717, 1.165) is 16.6 Å². The van der Waals surface area contributed by atoms with Crippen LogP contribution in [0.15, 0.2) is 18.2 Å². The number of hydrogen-bond donors (Lipinski definition) is 0. The second-order valence-corrected chi connectivity index (χ2v) is 6.91. The van der Waals surface area contributed by atoms with Crippen molar-refractivity contribution in [3.05, 3.63) is 34.5 Å². The molecule has 1 aromatic heterocycles. The summed E-state index contributed by atoms with van der Waals surface area (Å²) in [4.78, 5) is 3.81. The third kappa shape index (κ3) is 1.24. The van der Waals surface area contributed by atoms with Gasteiger partial charge in [0.05, 0.1) is 0 Å². The summed E-state index contributed by atoms with van der Waals surface area (Å²) < 4.78 is 15.3. The Kier molecular flexibility index (Phi) is 2.03. The van der Waals surface area contributed by atoms with Crippen molar-refractivity contribution in [3.63, 3.8) is 0 Å². The van der Waals surface area contributed by atoms with E-state index in [0.29, 0.717) is 6.04 Å². The summed E-state index contributed by atoms with van der Waals surface area (Å²) >= 11 is 1.79. The first-order valence-electron chi connectivity index (χ1n) is 6.54. The SMILES string of the molecule is C[C@H]1c2sc3cccc(F)c3c2C2(CC2)CN1C. The van der Waals surface area contributed by atoms with E-state index in [-0.39, 0.29) is 11.2 Å². The summed E-state index contributed by atoms with van der Waals surface area (Å²) in [6.07, 6.45) is 2.44. The third-order valence-corrected chi connectivity index (χ3v) is 5.99. The molecule has 1 spiro atoms. The smallest absolute Gasteiger partial charge is 0.132 e. The summed E-state index contributed by atoms with van der Waals surface area (Å²) in [5.74, 6) is -0.0342. The lowest BCUT2D eigenvalue weighted by Crippen LogP contribution is -2.36. The summed E-state index contributed by atoms with van der Waals surface area (Å²) in [6, 6.07) is 5.91. The number of benzene rings is 1. The Morgan fingerprint density at radius 1 is 1.39 bits per heavy atom. The van der Waals surface area contributed by atoms with E-state index in [1.807, 2.05) is 6.07 Å². The van der Waals surface area contributed by atoms with Crippen molar-refractivity contribution >= 4 is 21.4 Å². The number of halogens is 1. The molecule has 1 aliphatic heterocycles. The summed E-state index contributed by atoms with van der Waals surface area (Å²) in [6.45, 7) is 3.32. The van der Waals surface area contributed by atoms with Crippen molar-refractivity contribution in [1.82, 2.24) is 4.90 Å². The molecular weight excluding hydrogens is 245 g/mol. The van der Waals surface area contributed by atoms with E-state index < -0.39 is 0 Å². The van der Waals surface area contributed by atoms with Gasteiger partial charge in [0.2, 0.25) is 0 Å². The summed E-state index contributed by atoms with van der Waals surface area (Å²) in [5.41, 5.74) is 1.60. The molecule has 1 fully saturated rings. The maximum absolute atomic E-state index is 14.2. The van der Waals surface area contributed by atoms with Crippen LogP contribution in [0.2, 0.25) is 0 Å². The zero-order valence-electron chi connectivity index (χ0n) is 10.7. The van der Waals surface area contributed by atoms with Gasteiger partial charge in [0.25, 0.3) is 0 Å². The molecule has 0 N–H and O–H groups in total. The number of likely N-dealkylation sites (N-methyl/N-ethyl adjacent to an activating group) is 1. The van der Waals surface area contributed by atoms with Crippen molar-refractivity contribution in [1.29, 1.82) is 0 Å². The molecule has 0 bridgehead atoms. The Morgan fingerprint density at radius 2 is 2.17 bits per heavy atom. The average Bonchev–Trinajstić information content (AvgIpc) is 2.97. The van der Waals surface area contributed by atoms with Gasteiger partial charge in [-0.15, -0.1) is 11.3 Å². The molecule has 3 heteroatoms. The molecule has 1 aliphatic carbocycles. The first kappa shape index (κ1) is 10.9. The molecule has 1 atom stereocenters. The van der Waals surface area contributed by atoms with Gasteiger partial charge < -0.3 is 0 Å². The highest BCUT2D eigenvalue weighted by atomic mass is 32.1. The third-order valence-electron chi connectivity index (χ3n) is 4.67. The normalized spacial score (nSPS) is 25.6. The maximum atomic E-state index is 14.2. The molecule has 2 aliphatic rings. The number of thiophene rings is 1. The first-order valence-corrected chi connectivity index (χ1v) is 7.36. The molecule has 18 heavy (non-hydrogen) atoms. The maximum Gasteiger partial charge on any atom is 0.132 e. The highest BCUT2D eigenvalue weighted by Gasteiger charge is 2.52. The molecule has 0 unspecified atom stereocenters. The lowest BCUT2D eigenvalue weighted by atomic mass is 9.86. The van der Waals surface area contributed by atoms with Crippen LogP contribution in [0.4, 0.5) is 4.39 Å². The zero-order chi connectivity index (χ0) is 12.5. The van der Waals surface area contributed by atoms with Gasteiger partial charge in [-0.25, -0.2) is 4.39 Å². The zero-order valence-corrected chi connectivity index (χ0v) is 11.5. The predicted molar refractivity (Wildman–Crippen MR) is 73.7 cm³/mol. The molecule has 0 saturated heterocycles. The number of nitrogens with zero attached hydrogens (tertiary/aromatic N) is 1. The monoisotopic (exact) mass is 261 g/mol. The van der Waals surface area contributed by atoms with Gasteiger partial charge in [0.15, 0.2) is 0 Å². The molecule has 1 nitrogen and oxygen atoms in total. The van der Waals surface area contributed by atoms with Gasteiger partial charge in [0.1, 0.15) is 5.82 Å². The predicted octanol–water partition coefficient (Wildman–Crippen LogP) is 4.08. The molecular formula is C15H16FNS. The van der Waals surface area contributed by atoms with Gasteiger partial charge in [-0.2, -0.15) is 0 Å². The van der Waals surface area contributed by atoms with Crippen LogP contribution < -0.4 is 0 Å². The van der Waals surface area contributed by atoms with Crippen molar-refractivity contribution in [2.45, 2.75) is 31.2 Å². The Labute approximate surface area is 110 Å². The minimum absolute atomic E-state index is 0.0342. The Bertz CT molecular complexity index is 641. The number of rotatable bonds is 0. The molecule has 1 saturated carbocycles. The number of fused-ring (bicyclic) bond motifs is 4. The van der Waals surface area contributed by atoms with Crippen LogP contribution in [-0.4, -0.2) is 18.5 Å². The van der Waals surface area contributed by atoms with Gasteiger partial charge in [0, 0.05) is 33.0 Å². The van der Waals surface area contributed by atoms with Gasteiger partial charge in [-0.3, -0.25) is 4.90 Å². The van der Waals surface area contributed by atoms with Crippen LogP contribution in [0.3, 0.4) is 0 Å². The van der Waals surface area contributed by atoms with Crippen LogP contribution in [0.1, 0.15) is 36.2 Å². The lowest BCUT2D eigenvalue weighted by molar-refractivity contribution is 0.220. The van der Waals surface area contributed by atoms with E-state index in [1.165, 1.54) is 23.3 Å². The summed E-state index contributed by atoms with van der Waals surface area (Å²) in [7, 11) is 2.19. The fourth-order valence-electron chi connectivity index (χ4n) is 3.40. The second kappa shape index (κ2) is 3.34. The van der Waals surface area contributed by atoms with Crippen LogP contribution in [0.5, 0.6) is 0 Å². The van der Waals surface area contributed by atoms with Crippen molar-refractivity contribution in [2.75, 3.05) is 13.6 Å². The molecule has 4 rings (SSSR count). The molecule has 0 amide bonds. The molecule has 94 valence electrons. The highest BCUT2D eigenvalue weighted by molar-refractivity contribution is 7.19. The standard InChI is InChI=1S/C15H16FNS/c1-9-14-13(15(6-7-15)8-17(9)2)12-10(16)4-3-5-11(12)18-14/h3-5,9H,6-8H2,1-2H3/t9-/m0/s1. The van der Waals surface area contributed by atoms with E-state index in [1.54, 1.807) is 17.4 Å². The van der Waals surface area contributed by atoms with Crippen LogP contribution in [0.25, 0.3) is 10.1 Å². The highest BCUT2D eigenvalue weighted by Crippen LogP contribution is 2.58. The van der Waals surface area contributed by atoms with E-state index in [9.17, 15) is 4.39 Å².